The van der Waals surface area contributed by atoms with E-state index in [-0.39, 0.29) is 0 Å². The van der Waals surface area contributed by atoms with Crippen LogP contribution < -0.4 is 0 Å². The van der Waals surface area contributed by atoms with Crippen LogP contribution in [0.4, 0.5) is 0 Å². The fraction of sp³-hybridized carbons (Fsp3) is 0.536. The van der Waals surface area contributed by atoms with Gasteiger partial charge in [-0.25, -0.2) is 0 Å². The molecule has 0 aliphatic carbocycles. The molecule has 1 aliphatic rings. The molecule has 0 amide bonds. The van der Waals surface area contributed by atoms with Crippen molar-refractivity contribution in [2.24, 2.45) is 11.8 Å². The van der Waals surface area contributed by atoms with Gasteiger partial charge in [-0.3, -0.25) is 4.90 Å². The number of likely N-dealkylation sites (tertiary alicyclic amines) is 1. The van der Waals surface area contributed by atoms with Crippen LogP contribution in [-0.2, 0) is 6.54 Å². The summed E-state index contributed by atoms with van der Waals surface area (Å²) in [4.78, 5) is 2.51. The van der Waals surface area contributed by atoms with Crippen LogP contribution in [0.15, 0.2) is 42.5 Å². The summed E-state index contributed by atoms with van der Waals surface area (Å²) in [5.41, 5.74) is 5.64. The fourth-order valence-electron chi connectivity index (χ4n) is 4.09. The number of rotatable bonds is 5. The van der Waals surface area contributed by atoms with Gasteiger partial charge >= 0.3 is 0 Å². The fourth-order valence-corrected chi connectivity index (χ4v) is 4.09. The highest BCUT2D eigenvalue weighted by Gasteiger charge is 2.22. The molecule has 0 bridgehead atoms. The van der Waals surface area contributed by atoms with Crippen LogP contribution in [0.2, 0.25) is 0 Å². The average molecular weight is 405 g/mol. The zero-order valence-electron chi connectivity index (χ0n) is 19.9. The van der Waals surface area contributed by atoms with E-state index >= 15 is 0 Å². The Morgan fingerprint density at radius 2 is 1.60 bits per heavy atom. The maximum absolute atomic E-state index is 9.71. The van der Waals surface area contributed by atoms with Gasteiger partial charge in [0.25, 0.3) is 0 Å². The topological polar surface area (TPSA) is 27.0 Å². The number of benzene rings is 2. The summed E-state index contributed by atoms with van der Waals surface area (Å²) >= 11 is 0. The predicted octanol–water partition coefficient (Wildman–Crippen LogP) is 7.63. The molecule has 0 saturated carbocycles. The van der Waals surface area contributed by atoms with Crippen LogP contribution in [0.1, 0.15) is 83.4 Å². The minimum Gasteiger partial charge on any atom is -0.299 e. The van der Waals surface area contributed by atoms with Crippen molar-refractivity contribution in [1.29, 1.82) is 5.26 Å². The van der Waals surface area contributed by atoms with Crippen molar-refractivity contribution in [1.82, 2.24) is 4.90 Å². The van der Waals surface area contributed by atoms with Crippen molar-refractivity contribution < 1.29 is 0 Å². The Balaban J connectivity index is 0.00000101. The average Bonchev–Trinajstić information content (AvgIpc) is 2.75. The van der Waals surface area contributed by atoms with E-state index in [0.29, 0.717) is 5.92 Å². The molecule has 2 nitrogen and oxygen atoms in total. The third kappa shape index (κ3) is 6.71. The maximum Gasteiger partial charge on any atom is 0.0995 e. The molecule has 0 atom stereocenters. The number of nitrogens with zero attached hydrogens (tertiary/aromatic N) is 2. The van der Waals surface area contributed by atoms with Crippen LogP contribution in [0.25, 0.3) is 11.1 Å². The molecule has 1 aliphatic heterocycles. The van der Waals surface area contributed by atoms with Crippen LogP contribution >= 0.6 is 0 Å². The van der Waals surface area contributed by atoms with Gasteiger partial charge in [-0.1, -0.05) is 84.4 Å². The first-order valence-electron chi connectivity index (χ1n) is 11.7. The Kier molecular flexibility index (Phi) is 9.60. The number of nitriles is 1. The minimum atomic E-state index is 0.508. The molecule has 30 heavy (non-hydrogen) atoms. The van der Waals surface area contributed by atoms with Gasteiger partial charge in [0.1, 0.15) is 0 Å². The first-order valence-corrected chi connectivity index (χ1v) is 11.7. The minimum absolute atomic E-state index is 0.508. The van der Waals surface area contributed by atoms with E-state index in [4.69, 9.17) is 0 Å². The molecule has 0 aromatic heterocycles. The standard InChI is InChI=1S/C25H32N2.C3H8/c1-18(2)20-10-12-27(13-11-20)17-24-9-8-23(15-25(24)16-26)22-7-5-6-21(14-22)19(3)4;1-3-2/h5-9,14-15,18-20H,10-13,17H2,1-4H3;3H2,1-2H3. The number of hydrogen-bond acceptors (Lipinski definition) is 2. The lowest BCUT2D eigenvalue weighted by Crippen LogP contribution is -2.34. The smallest absolute Gasteiger partial charge is 0.0995 e. The Hall–Kier alpha value is -2.11. The summed E-state index contributed by atoms with van der Waals surface area (Å²) in [7, 11) is 0. The summed E-state index contributed by atoms with van der Waals surface area (Å²) < 4.78 is 0. The van der Waals surface area contributed by atoms with E-state index in [9.17, 15) is 5.26 Å². The lowest BCUT2D eigenvalue weighted by atomic mass is 9.86. The van der Waals surface area contributed by atoms with Crippen molar-refractivity contribution in [2.75, 3.05) is 13.1 Å². The van der Waals surface area contributed by atoms with Gasteiger partial charge < -0.3 is 0 Å². The van der Waals surface area contributed by atoms with Gasteiger partial charge in [0.2, 0.25) is 0 Å². The second-order valence-corrected chi connectivity index (χ2v) is 9.33. The van der Waals surface area contributed by atoms with Gasteiger partial charge in [0, 0.05) is 6.54 Å². The highest BCUT2D eigenvalue weighted by molar-refractivity contribution is 5.67. The third-order valence-electron chi connectivity index (χ3n) is 6.09. The molecule has 1 fully saturated rings. The van der Waals surface area contributed by atoms with Gasteiger partial charge in [-0.2, -0.15) is 5.26 Å². The lowest BCUT2D eigenvalue weighted by molar-refractivity contribution is 0.152. The highest BCUT2D eigenvalue weighted by Crippen LogP contribution is 2.28. The monoisotopic (exact) mass is 404 g/mol. The molecule has 0 spiro atoms. The summed E-state index contributed by atoms with van der Waals surface area (Å²) in [5.74, 6) is 2.14. The predicted molar refractivity (Wildman–Crippen MR) is 129 cm³/mol. The van der Waals surface area contributed by atoms with Crippen LogP contribution in [-0.4, -0.2) is 18.0 Å². The molecule has 162 valence electrons. The Labute approximate surface area is 184 Å². The molecule has 2 aromatic rings. The summed E-state index contributed by atoms with van der Waals surface area (Å²) in [6, 6.07) is 17.5. The van der Waals surface area contributed by atoms with Crippen molar-refractivity contribution in [3.63, 3.8) is 0 Å². The summed E-state index contributed by atoms with van der Waals surface area (Å²) in [5, 5.41) is 9.71. The van der Waals surface area contributed by atoms with E-state index in [2.05, 4.69) is 95.0 Å². The van der Waals surface area contributed by atoms with Crippen molar-refractivity contribution in [3.05, 3.63) is 59.2 Å². The molecule has 2 heteroatoms. The molecule has 0 N–H and O–H groups in total. The van der Waals surface area contributed by atoms with E-state index in [1.807, 2.05) is 0 Å². The molecule has 1 saturated heterocycles. The molecule has 0 radical (unpaired) electrons. The lowest BCUT2D eigenvalue weighted by Gasteiger charge is -2.34. The molecule has 1 heterocycles. The SMILES string of the molecule is CC(C)c1cccc(-c2ccc(CN3CCC(C(C)C)CC3)c(C#N)c2)c1.CCC. The second kappa shape index (κ2) is 11.9. The first-order chi connectivity index (χ1) is 14.4. The largest absolute Gasteiger partial charge is 0.299 e. The normalized spacial score (nSPS) is 15.0. The highest BCUT2D eigenvalue weighted by atomic mass is 15.1. The van der Waals surface area contributed by atoms with Crippen molar-refractivity contribution in [2.45, 2.75) is 73.3 Å². The number of piperidine rings is 1. The van der Waals surface area contributed by atoms with E-state index in [1.165, 1.54) is 30.4 Å². The Morgan fingerprint density at radius 1 is 0.967 bits per heavy atom. The Bertz CT molecular complexity index is 821. The summed E-state index contributed by atoms with van der Waals surface area (Å²) in [6.07, 6.45) is 3.80. The van der Waals surface area contributed by atoms with Gasteiger partial charge in [0.05, 0.1) is 11.6 Å². The molecule has 0 unspecified atom stereocenters. The molecule has 2 aromatic carbocycles. The quantitative estimate of drug-likeness (QED) is 0.512. The zero-order valence-corrected chi connectivity index (χ0v) is 19.9. The van der Waals surface area contributed by atoms with E-state index in [0.717, 1.165) is 48.2 Å². The number of hydrogen-bond donors (Lipinski definition) is 0. The zero-order chi connectivity index (χ0) is 22.1. The molecular weight excluding hydrogens is 364 g/mol. The molecule has 3 rings (SSSR count). The van der Waals surface area contributed by atoms with E-state index in [1.54, 1.807) is 0 Å². The van der Waals surface area contributed by atoms with Gasteiger partial charge in [-0.15, -0.1) is 0 Å². The molecular formula is C28H40N2. The third-order valence-corrected chi connectivity index (χ3v) is 6.09. The first kappa shape index (κ1) is 24.2. The van der Waals surface area contributed by atoms with Crippen LogP contribution in [0.5, 0.6) is 0 Å². The van der Waals surface area contributed by atoms with E-state index < -0.39 is 0 Å². The van der Waals surface area contributed by atoms with Crippen LogP contribution in [0, 0.1) is 23.2 Å². The van der Waals surface area contributed by atoms with Gasteiger partial charge in [0.15, 0.2) is 0 Å². The summed E-state index contributed by atoms with van der Waals surface area (Å²) in [6.45, 7) is 16.5. The van der Waals surface area contributed by atoms with Crippen molar-refractivity contribution in [3.8, 4) is 17.2 Å². The second-order valence-electron chi connectivity index (χ2n) is 9.33. The Morgan fingerprint density at radius 3 is 2.17 bits per heavy atom. The van der Waals surface area contributed by atoms with Crippen molar-refractivity contribution >= 4 is 0 Å². The maximum atomic E-state index is 9.71. The van der Waals surface area contributed by atoms with Gasteiger partial charge in [-0.05, 0) is 72.0 Å². The van der Waals surface area contributed by atoms with Crippen LogP contribution in [0.3, 0.4) is 0 Å².